The van der Waals surface area contributed by atoms with Crippen molar-refractivity contribution in [2.45, 2.75) is 0 Å². The summed E-state index contributed by atoms with van der Waals surface area (Å²) in [6, 6.07) is 6.50. The molecule has 0 saturated heterocycles. The lowest BCUT2D eigenvalue weighted by Crippen LogP contribution is -2.34. The Morgan fingerprint density at radius 2 is 2.04 bits per heavy atom. The summed E-state index contributed by atoms with van der Waals surface area (Å²) in [6.45, 7) is -0.357. The summed E-state index contributed by atoms with van der Waals surface area (Å²) in [7, 11) is 0. The minimum Gasteiger partial charge on any atom is -0.477 e. The van der Waals surface area contributed by atoms with Crippen LogP contribution in [0.3, 0.4) is 0 Å². The average Bonchev–Trinajstić information content (AvgIpc) is 3.04. The number of fused-ring (bicyclic) bond motifs is 1. The monoisotopic (exact) mass is 315 g/mol. The van der Waals surface area contributed by atoms with Crippen LogP contribution in [0.25, 0.3) is 10.9 Å². The zero-order chi connectivity index (χ0) is 16.6. The first-order chi connectivity index (χ1) is 11.0. The molecule has 0 bridgehead atoms. The van der Waals surface area contributed by atoms with Gasteiger partial charge in [0.25, 0.3) is 11.8 Å². The molecule has 8 nitrogen and oxygen atoms in total. The van der Waals surface area contributed by atoms with E-state index in [0.29, 0.717) is 16.6 Å². The van der Waals surface area contributed by atoms with E-state index >= 15 is 0 Å². The van der Waals surface area contributed by atoms with Gasteiger partial charge in [0.05, 0.1) is 13.2 Å². The topological polar surface area (TPSA) is 123 Å². The Kier molecular flexibility index (Phi) is 3.59. The number of benzene rings is 1. The van der Waals surface area contributed by atoms with E-state index in [0.717, 1.165) is 4.90 Å². The number of anilines is 1. The van der Waals surface area contributed by atoms with Crippen LogP contribution >= 0.6 is 0 Å². The second kappa shape index (κ2) is 5.58. The van der Waals surface area contributed by atoms with Gasteiger partial charge in [0.1, 0.15) is 11.4 Å². The Balaban J connectivity index is 1.84. The summed E-state index contributed by atoms with van der Waals surface area (Å²) >= 11 is 0. The Morgan fingerprint density at radius 3 is 2.74 bits per heavy atom. The van der Waals surface area contributed by atoms with Gasteiger partial charge in [0.15, 0.2) is 0 Å². The highest BCUT2D eigenvalue weighted by Crippen LogP contribution is 2.23. The number of carbonyl (C=O) groups excluding carboxylic acids is 2. The normalized spacial score (nSPS) is 14.5. The van der Waals surface area contributed by atoms with E-state index in [9.17, 15) is 14.4 Å². The maximum atomic E-state index is 12.0. The highest BCUT2D eigenvalue weighted by Gasteiger charge is 2.30. The average molecular weight is 315 g/mol. The van der Waals surface area contributed by atoms with Gasteiger partial charge in [0.2, 0.25) is 0 Å². The van der Waals surface area contributed by atoms with Gasteiger partial charge >= 0.3 is 5.97 Å². The van der Waals surface area contributed by atoms with Crippen LogP contribution in [-0.4, -0.2) is 51.0 Å². The van der Waals surface area contributed by atoms with Gasteiger partial charge in [-0.25, -0.2) is 4.79 Å². The molecular formula is C15H13N3O5. The van der Waals surface area contributed by atoms with Crippen molar-refractivity contribution >= 4 is 34.4 Å². The van der Waals surface area contributed by atoms with Crippen LogP contribution in [-0.2, 0) is 9.59 Å². The summed E-state index contributed by atoms with van der Waals surface area (Å²) in [4.78, 5) is 38.4. The summed E-state index contributed by atoms with van der Waals surface area (Å²) in [5.41, 5.74) is 1.37. The zero-order valence-corrected chi connectivity index (χ0v) is 11.9. The van der Waals surface area contributed by atoms with E-state index in [-0.39, 0.29) is 24.5 Å². The number of carboxylic acid groups (broad SMARTS) is 1. The van der Waals surface area contributed by atoms with Crippen molar-refractivity contribution in [2.75, 3.05) is 18.5 Å². The number of carboxylic acids is 1. The van der Waals surface area contributed by atoms with Crippen molar-refractivity contribution in [3.05, 3.63) is 41.7 Å². The smallest absolute Gasteiger partial charge is 0.352 e. The van der Waals surface area contributed by atoms with Gasteiger partial charge in [-0.1, -0.05) is 0 Å². The fraction of sp³-hybridized carbons (Fsp3) is 0.133. The highest BCUT2D eigenvalue weighted by molar-refractivity contribution is 6.17. The lowest BCUT2D eigenvalue weighted by molar-refractivity contribution is -0.137. The molecule has 118 valence electrons. The van der Waals surface area contributed by atoms with Gasteiger partial charge in [-0.2, -0.15) is 0 Å². The molecule has 4 N–H and O–H groups in total. The van der Waals surface area contributed by atoms with E-state index in [2.05, 4.69) is 10.3 Å². The molecule has 1 aromatic heterocycles. The number of β-amino-alcohol motifs (C(OH)–C–C–N with tert-alkyl or cyclic N) is 1. The third-order valence-electron chi connectivity index (χ3n) is 3.46. The van der Waals surface area contributed by atoms with Crippen molar-refractivity contribution in [1.82, 2.24) is 9.88 Å². The molecule has 2 aromatic rings. The number of aliphatic hydroxyl groups is 1. The summed E-state index contributed by atoms with van der Waals surface area (Å²) in [5.74, 6) is -2.05. The first kappa shape index (κ1) is 14.8. The number of rotatable bonds is 5. The Hall–Kier alpha value is -3.13. The largest absolute Gasteiger partial charge is 0.477 e. The minimum atomic E-state index is -1.06. The number of nitrogens with zero attached hydrogens (tertiary/aromatic N) is 1. The van der Waals surface area contributed by atoms with Crippen LogP contribution in [0.5, 0.6) is 0 Å². The summed E-state index contributed by atoms with van der Waals surface area (Å²) in [6.07, 6.45) is 1.17. The van der Waals surface area contributed by atoms with Crippen LogP contribution in [0, 0.1) is 0 Å². The molecule has 0 saturated carbocycles. The Morgan fingerprint density at radius 1 is 1.26 bits per heavy atom. The third kappa shape index (κ3) is 2.67. The number of aromatic carboxylic acids is 1. The van der Waals surface area contributed by atoms with Gasteiger partial charge in [-0.3, -0.25) is 14.5 Å². The van der Waals surface area contributed by atoms with E-state index in [1.54, 1.807) is 18.2 Å². The van der Waals surface area contributed by atoms with Gasteiger partial charge in [0, 0.05) is 22.7 Å². The molecule has 23 heavy (non-hydrogen) atoms. The molecule has 0 atom stereocenters. The predicted molar refractivity (Wildman–Crippen MR) is 80.8 cm³/mol. The summed E-state index contributed by atoms with van der Waals surface area (Å²) < 4.78 is 0. The van der Waals surface area contributed by atoms with E-state index in [4.69, 9.17) is 10.2 Å². The molecule has 0 unspecified atom stereocenters. The quantitative estimate of drug-likeness (QED) is 0.597. The van der Waals surface area contributed by atoms with Crippen molar-refractivity contribution in [2.24, 2.45) is 0 Å². The molecule has 1 aliphatic rings. The van der Waals surface area contributed by atoms with E-state index in [1.165, 1.54) is 12.1 Å². The molecule has 3 rings (SSSR count). The SMILES string of the molecule is O=C(O)c1cc2cc(NC3=CC(=O)N(CCO)C3=O)ccc2[nH]1. The first-order valence-corrected chi connectivity index (χ1v) is 6.81. The number of hydrogen-bond donors (Lipinski definition) is 4. The molecule has 1 aliphatic heterocycles. The third-order valence-corrected chi connectivity index (χ3v) is 3.46. The van der Waals surface area contributed by atoms with Crippen molar-refractivity contribution in [3.8, 4) is 0 Å². The van der Waals surface area contributed by atoms with Crippen LogP contribution in [0.15, 0.2) is 36.0 Å². The molecule has 0 fully saturated rings. The number of aromatic amines is 1. The van der Waals surface area contributed by atoms with Crippen molar-refractivity contribution < 1.29 is 24.6 Å². The first-order valence-electron chi connectivity index (χ1n) is 6.81. The van der Waals surface area contributed by atoms with E-state index < -0.39 is 17.8 Å². The molecule has 2 amide bonds. The molecule has 0 spiro atoms. The number of nitrogens with one attached hydrogen (secondary N) is 2. The molecule has 8 heteroatoms. The fourth-order valence-electron chi connectivity index (χ4n) is 2.39. The van der Waals surface area contributed by atoms with Gasteiger partial charge in [-0.05, 0) is 24.3 Å². The number of aromatic nitrogens is 1. The lowest BCUT2D eigenvalue weighted by atomic mass is 10.2. The molecule has 0 aliphatic carbocycles. The highest BCUT2D eigenvalue weighted by atomic mass is 16.4. The Labute approximate surface area is 130 Å². The Bertz CT molecular complexity index is 852. The summed E-state index contributed by atoms with van der Waals surface area (Å²) in [5, 5.41) is 21.3. The second-order valence-electron chi connectivity index (χ2n) is 4.99. The standard InChI is InChI=1S/C15H13N3O5/c19-4-3-18-13(20)7-11(14(18)21)16-9-1-2-10-8(5-9)6-12(17-10)15(22)23/h1-2,5-7,16-17,19H,3-4H2,(H,22,23). The van der Waals surface area contributed by atoms with Crippen LogP contribution < -0.4 is 5.32 Å². The number of carbonyl (C=O) groups is 3. The van der Waals surface area contributed by atoms with Crippen LogP contribution in [0.2, 0.25) is 0 Å². The maximum Gasteiger partial charge on any atom is 0.352 e. The molecule has 0 radical (unpaired) electrons. The maximum absolute atomic E-state index is 12.0. The van der Waals surface area contributed by atoms with Crippen molar-refractivity contribution in [1.29, 1.82) is 0 Å². The predicted octanol–water partition coefficient (Wildman–Crippen LogP) is 0.523. The number of aliphatic hydroxyl groups excluding tert-OH is 1. The number of amides is 2. The van der Waals surface area contributed by atoms with Gasteiger partial charge < -0.3 is 20.5 Å². The second-order valence-corrected chi connectivity index (χ2v) is 4.99. The number of H-pyrrole nitrogens is 1. The minimum absolute atomic E-state index is 0.0574. The molecule has 1 aromatic carbocycles. The number of hydrogen-bond acceptors (Lipinski definition) is 5. The van der Waals surface area contributed by atoms with Crippen molar-refractivity contribution in [3.63, 3.8) is 0 Å². The zero-order valence-electron chi connectivity index (χ0n) is 11.9. The van der Waals surface area contributed by atoms with E-state index in [1.807, 2.05) is 0 Å². The molecular weight excluding hydrogens is 302 g/mol. The molecule has 2 heterocycles. The number of imide groups is 1. The van der Waals surface area contributed by atoms with Gasteiger partial charge in [-0.15, -0.1) is 0 Å². The van der Waals surface area contributed by atoms with Crippen LogP contribution in [0.4, 0.5) is 5.69 Å². The van der Waals surface area contributed by atoms with Crippen LogP contribution in [0.1, 0.15) is 10.5 Å². The lowest BCUT2D eigenvalue weighted by Gasteiger charge is -2.13. The fourth-order valence-corrected chi connectivity index (χ4v) is 2.39.